The Morgan fingerprint density at radius 3 is 1.38 bits per heavy atom. The van der Waals surface area contributed by atoms with Gasteiger partial charge in [0.1, 0.15) is 45.1 Å². The van der Waals surface area contributed by atoms with E-state index in [0.717, 1.165) is 7.11 Å². The van der Waals surface area contributed by atoms with Gasteiger partial charge >= 0.3 is 31.0 Å². The van der Waals surface area contributed by atoms with Gasteiger partial charge in [-0.2, -0.15) is 0 Å². The molecule has 2 heterocycles. The molecule has 0 aromatic rings. The topological polar surface area (TPSA) is 157 Å². The molecule has 0 radical (unpaired) electrons. The van der Waals surface area contributed by atoms with E-state index in [4.69, 9.17) is 46.4 Å². The fraction of sp³-hybridized carbons (Fsp3) is 0.800. The molecule has 0 aromatic carbocycles. The zero-order valence-corrected chi connectivity index (χ0v) is 38.7. The molecule has 6 unspecified atom stereocenters. The average Bonchev–Trinajstić information content (AvgIpc) is 3.07. The number of aliphatic hydroxyl groups excluding tert-OH is 3. The first-order valence-corrected chi connectivity index (χ1v) is 25.2. The summed E-state index contributed by atoms with van der Waals surface area (Å²) in [6.07, 6.45) is 9.97. The Morgan fingerprint density at radius 2 is 1.11 bits per heavy atom. The summed E-state index contributed by atoms with van der Waals surface area (Å²) >= 11 is 0. The maximum atomic E-state index is 12.3. The number of carbonyl (C=O) groups is 2. The van der Waals surface area contributed by atoms with Crippen LogP contribution in [0.15, 0.2) is 0 Å². The summed E-state index contributed by atoms with van der Waals surface area (Å²) in [4.78, 5) is 27.6. The number of ether oxygens (including phenoxy) is 6. The zero-order chi connectivity index (χ0) is 42.5. The van der Waals surface area contributed by atoms with Gasteiger partial charge in [-0.15, -0.1) is 12.0 Å². The maximum absolute atomic E-state index is 12.3. The number of methoxy groups -OCH3 is 2. The van der Waals surface area contributed by atoms with Crippen molar-refractivity contribution in [2.24, 2.45) is 11.8 Å². The Bertz CT molecular complexity index is 1240. The number of aliphatic hydroxyl groups is 3. The van der Waals surface area contributed by atoms with Crippen LogP contribution >= 0.6 is 0 Å². The first-order chi connectivity index (χ1) is 24.8. The van der Waals surface area contributed by atoms with Crippen LogP contribution in [0.1, 0.15) is 61.8 Å². The molecule has 56 heavy (non-hydrogen) atoms. The van der Waals surface area contributed by atoms with Gasteiger partial charge in [0.2, 0.25) is 0 Å². The van der Waals surface area contributed by atoms with Gasteiger partial charge in [0, 0.05) is 46.3 Å². The number of rotatable bonds is 8. The molecule has 2 amide bonds. The van der Waals surface area contributed by atoms with E-state index in [2.05, 4.69) is 62.2 Å². The molecule has 0 aliphatic carbocycles. The molecule has 2 rings (SSSR count). The largest absolute Gasteiger partial charge is 1.00 e. The minimum Gasteiger partial charge on any atom is -0.701 e. The molecule has 2 saturated heterocycles. The summed E-state index contributed by atoms with van der Waals surface area (Å²) in [7, 11) is 1.29. The van der Waals surface area contributed by atoms with Gasteiger partial charge in [0.25, 0.3) is 0 Å². The SMILES string of the molecule is C.C#CC(O)C1CCN(C(=O)OC(C)(C)C)CC1OCOC.CO.COCOC1CN(C(=O)OC(C)(C)C)CCC1C(O)C#C[Si](C)(C)C.[C-]#C[Si](C)(C)C.[Li+]. The predicted molar refractivity (Wildman–Crippen MR) is 223 cm³/mol. The third-order valence-electron chi connectivity index (χ3n) is 7.28. The predicted octanol–water partition coefficient (Wildman–Crippen LogP) is 2.40. The fourth-order valence-corrected chi connectivity index (χ4v) is 5.34. The van der Waals surface area contributed by atoms with Gasteiger partial charge in [-0.1, -0.05) is 58.5 Å². The number of hydrogen-bond donors (Lipinski definition) is 3. The van der Waals surface area contributed by atoms with Crippen LogP contribution in [0.3, 0.4) is 0 Å². The van der Waals surface area contributed by atoms with Crippen molar-refractivity contribution in [3.8, 4) is 29.4 Å². The molecular weight excluding hydrogens is 748 g/mol. The molecule has 3 N–H and O–H groups in total. The molecule has 0 aromatic heterocycles. The quantitative estimate of drug-likeness (QED) is 0.143. The number of hydrogen-bond acceptors (Lipinski definition) is 11. The van der Waals surface area contributed by atoms with Crippen molar-refractivity contribution in [2.75, 3.05) is 61.1 Å². The van der Waals surface area contributed by atoms with E-state index < -0.39 is 39.6 Å². The smallest absolute Gasteiger partial charge is 0.701 e. The van der Waals surface area contributed by atoms with Gasteiger partial charge in [-0.05, 0) is 54.4 Å². The van der Waals surface area contributed by atoms with Crippen molar-refractivity contribution >= 4 is 28.3 Å². The Hall–Kier alpha value is -2.03. The summed E-state index contributed by atoms with van der Waals surface area (Å²) in [5.41, 5.74) is 4.61. The third kappa shape index (κ3) is 28.4. The van der Waals surface area contributed by atoms with Crippen LogP contribution in [0.5, 0.6) is 0 Å². The molecule has 13 nitrogen and oxygen atoms in total. The van der Waals surface area contributed by atoms with E-state index in [-0.39, 0.29) is 76.1 Å². The second kappa shape index (κ2) is 29.2. The van der Waals surface area contributed by atoms with Crippen LogP contribution in [-0.4, -0.2) is 150 Å². The maximum Gasteiger partial charge on any atom is 1.00 e. The van der Waals surface area contributed by atoms with E-state index >= 15 is 0 Å². The van der Waals surface area contributed by atoms with Gasteiger partial charge in [-0.3, -0.25) is 0 Å². The summed E-state index contributed by atoms with van der Waals surface area (Å²) in [6.45, 7) is 25.5. The van der Waals surface area contributed by atoms with E-state index in [1.807, 2.05) is 41.5 Å². The molecule has 0 bridgehead atoms. The standard InChI is InChI=1S/C18H33NO5Si.C15H25NO5.C5H9Si.CH4O.CH4.Li/c1-18(2,3)24-17(21)19-10-8-14(16(12-19)23-13-22-4)15(20)9-11-25(5,6)7;1-6-12(17)11-7-8-16(9-13(11)20-10-19-5)14(18)21-15(2,3)4;1-5-6(2,3)4;1-2;;/h14-16,20H,8,10,12-13H2,1-7H3;1,11-13,17H,7-10H2,2-5H3;2-4H3;2H,1H3;1H4;/q;;-1;;;+1. The van der Waals surface area contributed by atoms with Gasteiger partial charge in [0.05, 0.1) is 33.4 Å². The molecule has 2 fully saturated rings. The molecule has 6 atom stereocenters. The number of piperidine rings is 2. The third-order valence-corrected chi connectivity index (χ3v) is 8.92. The van der Waals surface area contributed by atoms with Crippen molar-refractivity contribution in [1.82, 2.24) is 9.80 Å². The van der Waals surface area contributed by atoms with Crippen molar-refractivity contribution < 1.29 is 72.2 Å². The van der Waals surface area contributed by atoms with Gasteiger partial charge < -0.3 is 65.5 Å². The number of terminal acetylenes is 1. The van der Waals surface area contributed by atoms with Crippen molar-refractivity contribution in [3.05, 3.63) is 6.42 Å². The van der Waals surface area contributed by atoms with E-state index in [1.54, 1.807) is 16.9 Å². The van der Waals surface area contributed by atoms with Crippen LogP contribution in [0.25, 0.3) is 0 Å². The number of nitrogens with zero attached hydrogens (tertiary/aromatic N) is 2. The first kappa shape index (κ1) is 60.6. The second-order valence-electron chi connectivity index (χ2n) is 16.9. The summed E-state index contributed by atoms with van der Waals surface area (Å²) in [6, 6.07) is 0. The monoisotopic (exact) mass is 823 g/mol. The molecule has 0 saturated carbocycles. The van der Waals surface area contributed by atoms with E-state index in [1.165, 1.54) is 7.11 Å². The minimum absolute atomic E-state index is 0. The normalized spacial score (nSPS) is 20.5. The Kier molecular flexibility index (Phi) is 31.6. The first-order valence-electron chi connectivity index (χ1n) is 18.2. The number of amides is 2. The summed E-state index contributed by atoms with van der Waals surface area (Å²) in [5.74, 6) is 4.94. The van der Waals surface area contributed by atoms with Crippen LogP contribution in [0.2, 0.25) is 39.3 Å². The van der Waals surface area contributed by atoms with E-state index in [0.29, 0.717) is 39.0 Å². The average molecular weight is 823 g/mol. The molecule has 2 aliphatic heterocycles. The van der Waals surface area contributed by atoms with E-state index in [9.17, 15) is 19.8 Å². The number of likely N-dealkylation sites (tertiary alicyclic amines) is 2. The fourth-order valence-electron chi connectivity index (χ4n) is 4.76. The van der Waals surface area contributed by atoms with Crippen LogP contribution in [0.4, 0.5) is 9.59 Å². The molecule has 2 aliphatic rings. The number of carbonyl (C=O) groups excluding carboxylic acids is 2. The Morgan fingerprint density at radius 1 is 0.768 bits per heavy atom. The van der Waals surface area contributed by atoms with Crippen molar-refractivity contribution in [2.45, 2.75) is 137 Å². The Balaban J connectivity index is -0.000000396. The minimum atomic E-state index is -1.56. The molecule has 320 valence electrons. The van der Waals surface area contributed by atoms with Gasteiger partial charge in [0.15, 0.2) is 0 Å². The van der Waals surface area contributed by atoms with Crippen molar-refractivity contribution in [1.29, 1.82) is 0 Å². The molecular formula is C40H75LiN2O11Si2. The van der Waals surface area contributed by atoms with Crippen LogP contribution < -0.4 is 18.9 Å². The molecule has 16 heteroatoms. The summed E-state index contributed by atoms with van der Waals surface area (Å²) in [5, 5.41) is 27.4. The van der Waals surface area contributed by atoms with Gasteiger partial charge in [-0.25, -0.2) is 9.59 Å². The molecule has 0 spiro atoms. The second-order valence-corrected chi connectivity index (χ2v) is 26.4. The van der Waals surface area contributed by atoms with Crippen molar-refractivity contribution in [3.63, 3.8) is 0 Å². The zero-order valence-electron chi connectivity index (χ0n) is 36.7. The Labute approximate surface area is 354 Å². The summed E-state index contributed by atoms with van der Waals surface area (Å²) < 4.78 is 31.9. The van der Waals surface area contributed by atoms with Crippen LogP contribution in [-0.2, 0) is 28.4 Å². The van der Waals surface area contributed by atoms with Crippen LogP contribution in [0, 0.1) is 47.6 Å².